The highest BCUT2D eigenvalue weighted by Gasteiger charge is 2.40. The van der Waals surface area contributed by atoms with E-state index in [0.717, 1.165) is 51.6 Å². The second kappa shape index (κ2) is 26.5. The number of pyridine rings is 2. The number of aryl methyl sites for hydroxylation is 2. The van der Waals surface area contributed by atoms with E-state index in [0.29, 0.717) is 63.0 Å². The number of hydrogen-bond acceptors (Lipinski definition) is 13. The van der Waals surface area contributed by atoms with E-state index >= 15 is 0 Å². The molecule has 6 aromatic rings. The maximum absolute atomic E-state index is 13.2. The molecule has 23 heteroatoms. The molecule has 8 rings (SSSR count). The Morgan fingerprint density at radius 2 is 1.05 bits per heavy atom. The maximum atomic E-state index is 13.2. The van der Waals surface area contributed by atoms with Gasteiger partial charge in [-0.15, -0.1) is 0 Å². The van der Waals surface area contributed by atoms with E-state index in [9.17, 15) is 56.2 Å². The molecule has 0 saturated heterocycles. The molecule has 2 saturated carbocycles. The number of benzene rings is 4. The fourth-order valence-electron chi connectivity index (χ4n) is 8.38. The van der Waals surface area contributed by atoms with Crippen LogP contribution in [0.15, 0.2) is 97.1 Å². The van der Waals surface area contributed by atoms with Gasteiger partial charge in [0.25, 0.3) is 17.3 Å². The Hall–Kier alpha value is -7.66. The number of aliphatic carboxylic acids is 1. The number of nitro benzene ring substituents is 2. The van der Waals surface area contributed by atoms with E-state index in [2.05, 4.69) is 38.9 Å². The predicted octanol–water partition coefficient (Wildman–Crippen LogP) is 12.4. The third kappa shape index (κ3) is 17.8. The lowest BCUT2D eigenvalue weighted by Crippen LogP contribution is -2.31. The summed E-state index contributed by atoms with van der Waals surface area (Å²) in [5, 5.41) is 41.1. The third-order valence-electron chi connectivity index (χ3n) is 12.0. The van der Waals surface area contributed by atoms with Crippen molar-refractivity contribution >= 4 is 68.1 Å². The number of carboxylic acids is 1. The number of nitro groups is 2. The molecule has 0 bridgehead atoms. The van der Waals surface area contributed by atoms with Crippen LogP contribution in [0.1, 0.15) is 87.5 Å². The first-order chi connectivity index (χ1) is 35.5. The summed E-state index contributed by atoms with van der Waals surface area (Å²) in [4.78, 5) is 51.0. The molecule has 2 heterocycles. The van der Waals surface area contributed by atoms with Gasteiger partial charge in [-0.25, -0.2) is 14.8 Å². The Morgan fingerprint density at radius 3 is 1.48 bits per heavy atom. The molecule has 0 spiro atoms. The number of ether oxygens (including phenoxy) is 2. The van der Waals surface area contributed by atoms with Crippen molar-refractivity contribution in [3.05, 3.63) is 140 Å². The molecule has 0 radical (unpaired) electrons. The highest BCUT2D eigenvalue weighted by molar-refractivity contribution is 5.92. The predicted molar refractivity (Wildman–Crippen MR) is 272 cm³/mol. The van der Waals surface area contributed by atoms with Crippen LogP contribution < -0.4 is 21.7 Å². The van der Waals surface area contributed by atoms with E-state index in [1.54, 1.807) is 6.07 Å². The van der Waals surface area contributed by atoms with Gasteiger partial charge in [0, 0.05) is 46.4 Å². The minimum atomic E-state index is -4.83. The zero-order valence-electron chi connectivity index (χ0n) is 41.5. The Balaban J connectivity index is 0.000000229. The third-order valence-corrected chi connectivity index (χ3v) is 12.0. The van der Waals surface area contributed by atoms with Crippen LogP contribution in [0.3, 0.4) is 0 Å². The average Bonchev–Trinajstić information content (AvgIpc) is 3.36. The van der Waals surface area contributed by atoms with Gasteiger partial charge in [-0.2, -0.15) is 26.3 Å². The minimum Gasteiger partial charge on any atom is -0.480 e. The number of carbonyl (C=O) groups excluding carboxylic acids is 1. The van der Waals surface area contributed by atoms with E-state index in [-0.39, 0.29) is 54.8 Å². The van der Waals surface area contributed by atoms with E-state index in [4.69, 9.17) is 20.3 Å². The molecule has 4 aromatic carbocycles. The second-order valence-electron chi connectivity index (χ2n) is 17.6. The van der Waals surface area contributed by atoms with Crippen molar-refractivity contribution in [1.29, 1.82) is 0 Å². The summed E-state index contributed by atoms with van der Waals surface area (Å²) in [6, 6.07) is 25.0. The van der Waals surface area contributed by atoms with Crippen LogP contribution in [0.4, 0.5) is 60.7 Å². The minimum absolute atomic E-state index is 0.104. The number of aromatic nitrogens is 2. The van der Waals surface area contributed by atoms with Crippen molar-refractivity contribution in [1.82, 2.24) is 9.97 Å². The zero-order valence-corrected chi connectivity index (χ0v) is 41.5. The SMILES string of the molecule is CC.Cc1ccc2nc(N)ccc2c1.Cc1ccc2nc(NC(=O)COC3CCC(Nc4ccc([N+](=O)[O-])c(C(F)(F)F)c4)CC3)ccc2c1.O=C(O)COC1CCC(Nc2ccc([N+](=O)[O-])c(C(F)(F)F)c2)CC1. The average molecular weight is 1050 g/mol. The van der Waals surface area contributed by atoms with Crippen molar-refractivity contribution in [2.45, 2.75) is 116 Å². The number of carbonyl (C=O) groups is 2. The van der Waals surface area contributed by atoms with Gasteiger partial charge in [0.15, 0.2) is 0 Å². The fraction of sp³-hybridized carbons (Fsp3) is 0.385. The quantitative estimate of drug-likeness (QED) is 0.0410. The molecule has 75 heavy (non-hydrogen) atoms. The summed E-state index contributed by atoms with van der Waals surface area (Å²) in [7, 11) is 0. The lowest BCUT2D eigenvalue weighted by molar-refractivity contribution is -0.388. The number of nitrogens with one attached hydrogen (secondary N) is 3. The number of anilines is 4. The van der Waals surface area contributed by atoms with Crippen molar-refractivity contribution in [3.63, 3.8) is 0 Å². The lowest BCUT2D eigenvalue weighted by Gasteiger charge is -2.29. The highest BCUT2D eigenvalue weighted by Crippen LogP contribution is 2.40. The first kappa shape index (κ1) is 58.2. The van der Waals surface area contributed by atoms with Crippen molar-refractivity contribution < 1.29 is 60.4 Å². The van der Waals surface area contributed by atoms with Crippen LogP contribution in [-0.4, -0.2) is 74.3 Å². The summed E-state index contributed by atoms with van der Waals surface area (Å²) < 4.78 is 89.5. The normalized spacial score (nSPS) is 17.4. The number of hydrogen-bond donors (Lipinski definition) is 5. The van der Waals surface area contributed by atoms with Gasteiger partial charge in [0.05, 0.1) is 33.1 Å². The van der Waals surface area contributed by atoms with Gasteiger partial charge in [0.2, 0.25) is 0 Å². The molecule has 0 unspecified atom stereocenters. The van der Waals surface area contributed by atoms with Gasteiger partial charge >= 0.3 is 18.3 Å². The highest BCUT2D eigenvalue weighted by atomic mass is 19.4. The first-order valence-electron chi connectivity index (χ1n) is 24.0. The van der Waals surface area contributed by atoms with Crippen molar-refractivity contribution in [2.24, 2.45) is 0 Å². The molecule has 0 aliphatic heterocycles. The topological polar surface area (TPSA) is 247 Å². The summed E-state index contributed by atoms with van der Waals surface area (Å²) in [5.74, 6) is -0.355. The Bertz CT molecular complexity index is 2890. The number of carboxylic acid groups (broad SMARTS) is 1. The Labute approximate surface area is 427 Å². The van der Waals surface area contributed by atoms with E-state index in [1.807, 2.05) is 69.3 Å². The van der Waals surface area contributed by atoms with Crippen LogP contribution in [0.25, 0.3) is 21.8 Å². The summed E-state index contributed by atoms with van der Waals surface area (Å²) in [5.41, 5.74) is 5.46. The summed E-state index contributed by atoms with van der Waals surface area (Å²) in [6.07, 6.45) is -5.11. The van der Waals surface area contributed by atoms with Gasteiger partial charge in [-0.3, -0.25) is 25.0 Å². The molecule has 0 atom stereocenters. The van der Waals surface area contributed by atoms with E-state index < -0.39 is 50.7 Å². The van der Waals surface area contributed by atoms with Crippen LogP contribution in [-0.2, 0) is 31.4 Å². The summed E-state index contributed by atoms with van der Waals surface area (Å²) in [6.45, 7) is 7.55. The molecule has 402 valence electrons. The molecular weight excluding hydrogens is 995 g/mol. The Morgan fingerprint density at radius 1 is 0.627 bits per heavy atom. The van der Waals surface area contributed by atoms with Gasteiger partial charge in [-0.05, 0) is 138 Å². The number of nitrogens with zero attached hydrogens (tertiary/aromatic N) is 4. The monoisotopic (exact) mass is 1050 g/mol. The molecular formula is C52H58F6N8O9. The zero-order chi connectivity index (χ0) is 55.0. The molecule has 2 fully saturated rings. The fourth-order valence-corrected chi connectivity index (χ4v) is 8.38. The van der Waals surface area contributed by atoms with Gasteiger partial charge in [0.1, 0.15) is 36.0 Å². The molecule has 2 aliphatic carbocycles. The molecule has 2 aromatic heterocycles. The number of amides is 1. The number of alkyl halides is 6. The molecule has 6 N–H and O–H groups in total. The number of nitrogens with two attached hydrogens (primary N) is 1. The molecule has 17 nitrogen and oxygen atoms in total. The standard InChI is InChI=1S/C25H25F3N4O4.C15H17F3N2O5.C10H10N2.C2H6/c1-15-2-9-21-16(12-15)3-11-23(30-21)31-24(33)14-36-19-7-4-17(5-8-19)29-18-6-10-22(32(34)35)20(13-18)25(26,27)28;16-15(17,18)12-7-10(3-6-13(12)20(23)24)19-9-1-4-11(5-2-9)25-8-14(21)22;1-7-2-4-9-8(6-7)3-5-10(11)12-9;1-2/h2-3,6,9-13,17,19,29H,4-5,7-8,14H2,1H3,(H,30,31,33);3,6-7,9,11,19H,1-2,4-5,8H2,(H,21,22);2-6H,1H3,(H2,11,12);1-2H3. The first-order valence-corrected chi connectivity index (χ1v) is 24.0. The second-order valence-corrected chi connectivity index (χ2v) is 17.6. The lowest BCUT2D eigenvalue weighted by atomic mass is 9.92. The van der Waals surface area contributed by atoms with Crippen molar-refractivity contribution in [2.75, 3.05) is 34.9 Å². The molecule has 2 aliphatic rings. The largest absolute Gasteiger partial charge is 0.480 e. The Kier molecular flexibility index (Phi) is 20.6. The van der Waals surface area contributed by atoms with Gasteiger partial charge < -0.3 is 36.3 Å². The van der Waals surface area contributed by atoms with E-state index in [1.165, 1.54) is 17.7 Å². The van der Waals surface area contributed by atoms with Crippen molar-refractivity contribution in [3.8, 4) is 0 Å². The number of nitrogen functional groups attached to an aromatic ring is 1. The smallest absolute Gasteiger partial charge is 0.423 e. The van der Waals surface area contributed by atoms with Crippen LogP contribution in [0, 0.1) is 34.1 Å². The van der Waals surface area contributed by atoms with Crippen LogP contribution >= 0.6 is 0 Å². The molecule has 1 amide bonds. The van der Waals surface area contributed by atoms with Gasteiger partial charge in [-0.1, -0.05) is 37.1 Å². The number of halogens is 6. The maximum Gasteiger partial charge on any atom is 0.423 e. The number of rotatable bonds is 13. The van der Waals surface area contributed by atoms with Crippen LogP contribution in [0.5, 0.6) is 0 Å². The van der Waals surface area contributed by atoms with Crippen LogP contribution in [0.2, 0.25) is 0 Å². The summed E-state index contributed by atoms with van der Waals surface area (Å²) >= 11 is 0. The number of fused-ring (bicyclic) bond motifs is 2.